The van der Waals surface area contributed by atoms with Crippen LogP contribution in [0.4, 0.5) is 8.78 Å². The molecule has 2 rings (SSSR count). The molecule has 1 aromatic carbocycles. The van der Waals surface area contributed by atoms with Gasteiger partial charge >= 0.3 is 0 Å². The molecule has 0 aliphatic heterocycles. The number of pyridine rings is 1. The second kappa shape index (κ2) is 6.08. The van der Waals surface area contributed by atoms with Crippen LogP contribution in [0.1, 0.15) is 24.1 Å². The van der Waals surface area contributed by atoms with Gasteiger partial charge in [-0.25, -0.2) is 8.78 Å². The molecule has 100 valence electrons. The predicted molar refractivity (Wildman–Crippen MR) is 71.1 cm³/mol. The van der Waals surface area contributed by atoms with Crippen LogP contribution in [0.25, 0.3) is 0 Å². The number of hydrogen-bond acceptors (Lipinski definition) is 2. The highest BCUT2D eigenvalue weighted by molar-refractivity contribution is 6.30. The zero-order chi connectivity index (χ0) is 13.8. The summed E-state index contributed by atoms with van der Waals surface area (Å²) in [5.41, 5.74) is 0.935. The molecule has 0 amide bonds. The van der Waals surface area contributed by atoms with E-state index >= 15 is 0 Å². The number of rotatable bonds is 4. The van der Waals surface area contributed by atoms with Gasteiger partial charge in [-0.3, -0.25) is 4.98 Å². The molecule has 2 nitrogen and oxygen atoms in total. The third kappa shape index (κ3) is 3.28. The molecular weight excluding hydrogens is 270 g/mol. The molecule has 0 aliphatic rings. The smallest absolute Gasteiger partial charge is 0.141 e. The van der Waals surface area contributed by atoms with Crippen LogP contribution in [0.15, 0.2) is 36.7 Å². The van der Waals surface area contributed by atoms with Gasteiger partial charge in [-0.05, 0) is 36.4 Å². The maximum absolute atomic E-state index is 13.9. The van der Waals surface area contributed by atoms with Crippen LogP contribution < -0.4 is 5.32 Å². The average molecular weight is 283 g/mol. The summed E-state index contributed by atoms with van der Waals surface area (Å²) in [5.74, 6) is -0.845. The topological polar surface area (TPSA) is 24.9 Å². The van der Waals surface area contributed by atoms with E-state index in [2.05, 4.69) is 10.3 Å². The first kappa shape index (κ1) is 13.9. The Kier molecular flexibility index (Phi) is 4.45. The summed E-state index contributed by atoms with van der Waals surface area (Å²) in [4.78, 5) is 3.79. The second-order valence-electron chi connectivity index (χ2n) is 4.09. The summed E-state index contributed by atoms with van der Waals surface area (Å²) in [6, 6.07) is 5.17. The van der Waals surface area contributed by atoms with Gasteiger partial charge in [0.2, 0.25) is 0 Å². The largest absolute Gasteiger partial charge is 0.306 e. The van der Waals surface area contributed by atoms with Crippen molar-refractivity contribution in [3.63, 3.8) is 0 Å². The van der Waals surface area contributed by atoms with Crippen molar-refractivity contribution in [3.05, 3.63) is 64.4 Å². The fourth-order valence-electron chi connectivity index (χ4n) is 1.93. The fraction of sp³-hybridized carbons (Fsp3) is 0.214. The van der Waals surface area contributed by atoms with Crippen LogP contribution >= 0.6 is 11.6 Å². The predicted octanol–water partition coefficient (Wildman–Crippen LogP) is 3.71. The summed E-state index contributed by atoms with van der Waals surface area (Å²) in [6.45, 7) is 2.50. The molecule has 2 aromatic rings. The van der Waals surface area contributed by atoms with Crippen LogP contribution in [0.2, 0.25) is 5.02 Å². The van der Waals surface area contributed by atoms with E-state index in [-0.39, 0.29) is 5.82 Å². The van der Waals surface area contributed by atoms with Gasteiger partial charge in [-0.15, -0.1) is 0 Å². The van der Waals surface area contributed by atoms with Crippen molar-refractivity contribution >= 4 is 11.6 Å². The van der Waals surface area contributed by atoms with Gasteiger partial charge in [0.05, 0.1) is 12.2 Å². The number of nitrogens with zero attached hydrogens (tertiary/aromatic N) is 1. The summed E-state index contributed by atoms with van der Waals surface area (Å²) >= 11 is 5.90. The second-order valence-corrected chi connectivity index (χ2v) is 4.53. The van der Waals surface area contributed by atoms with E-state index in [0.29, 0.717) is 22.7 Å². The molecule has 0 bridgehead atoms. The number of benzene rings is 1. The quantitative estimate of drug-likeness (QED) is 0.925. The lowest BCUT2D eigenvalue weighted by atomic mass is 9.99. The number of halogens is 3. The molecule has 0 fully saturated rings. The maximum Gasteiger partial charge on any atom is 0.141 e. The van der Waals surface area contributed by atoms with Gasteiger partial charge in [0.25, 0.3) is 0 Å². The van der Waals surface area contributed by atoms with Gasteiger partial charge in [-0.1, -0.05) is 18.5 Å². The Bertz CT molecular complexity index is 575. The molecular formula is C14H13ClF2N2. The Hall–Kier alpha value is -1.52. The molecule has 19 heavy (non-hydrogen) atoms. The lowest BCUT2D eigenvalue weighted by Gasteiger charge is -2.19. The molecule has 1 aromatic heterocycles. The van der Waals surface area contributed by atoms with E-state index in [1.165, 1.54) is 30.5 Å². The summed E-state index contributed by atoms with van der Waals surface area (Å²) in [6.07, 6.45) is 2.62. The van der Waals surface area contributed by atoms with Gasteiger partial charge in [0, 0.05) is 16.8 Å². The molecule has 0 aliphatic carbocycles. The van der Waals surface area contributed by atoms with Crippen LogP contribution in [0, 0.1) is 11.6 Å². The lowest BCUT2D eigenvalue weighted by Crippen LogP contribution is -2.23. The fourth-order valence-corrected chi connectivity index (χ4v) is 2.11. The summed E-state index contributed by atoms with van der Waals surface area (Å²) in [7, 11) is 0. The monoisotopic (exact) mass is 282 g/mol. The molecule has 1 N–H and O–H groups in total. The van der Waals surface area contributed by atoms with Crippen molar-refractivity contribution in [1.82, 2.24) is 10.3 Å². The van der Waals surface area contributed by atoms with E-state index in [1.54, 1.807) is 0 Å². The van der Waals surface area contributed by atoms with Gasteiger partial charge in [0.1, 0.15) is 11.6 Å². The molecule has 0 spiro atoms. The first-order valence-corrected chi connectivity index (χ1v) is 6.28. The number of nitrogens with one attached hydrogen (secondary N) is 1. The van der Waals surface area contributed by atoms with E-state index in [1.807, 2.05) is 6.92 Å². The Morgan fingerprint density at radius 3 is 2.74 bits per heavy atom. The zero-order valence-electron chi connectivity index (χ0n) is 10.3. The van der Waals surface area contributed by atoms with Crippen LogP contribution in [0.3, 0.4) is 0 Å². The van der Waals surface area contributed by atoms with Crippen molar-refractivity contribution in [2.24, 2.45) is 0 Å². The molecule has 0 radical (unpaired) electrons. The minimum atomic E-state index is -0.480. The first-order valence-electron chi connectivity index (χ1n) is 5.90. The van der Waals surface area contributed by atoms with Crippen LogP contribution in [-0.4, -0.2) is 11.5 Å². The van der Waals surface area contributed by atoms with E-state index in [4.69, 9.17) is 11.6 Å². The molecule has 1 atom stereocenters. The highest BCUT2D eigenvalue weighted by Gasteiger charge is 2.18. The van der Waals surface area contributed by atoms with Crippen LogP contribution in [-0.2, 0) is 0 Å². The third-order valence-corrected chi connectivity index (χ3v) is 2.97. The van der Waals surface area contributed by atoms with Crippen LogP contribution in [0.5, 0.6) is 0 Å². The normalized spacial score (nSPS) is 12.4. The third-order valence-electron chi connectivity index (χ3n) is 2.74. The SMILES string of the molecule is CCNC(c1cncc(F)c1)c1cc(Cl)ccc1F. The molecule has 1 heterocycles. The van der Waals surface area contributed by atoms with Crippen molar-refractivity contribution < 1.29 is 8.78 Å². The van der Waals surface area contributed by atoms with E-state index in [0.717, 1.165) is 6.20 Å². The molecule has 1 unspecified atom stereocenters. The standard InChI is InChI=1S/C14H13ClF2N2/c1-2-19-14(9-5-11(16)8-18-7-9)12-6-10(15)3-4-13(12)17/h3-8,14,19H,2H2,1H3. The molecule has 0 saturated heterocycles. The highest BCUT2D eigenvalue weighted by Crippen LogP contribution is 2.26. The average Bonchev–Trinajstić information content (AvgIpc) is 2.39. The van der Waals surface area contributed by atoms with Crippen molar-refractivity contribution in [1.29, 1.82) is 0 Å². The zero-order valence-corrected chi connectivity index (χ0v) is 11.1. The maximum atomic E-state index is 13.9. The van der Waals surface area contributed by atoms with E-state index < -0.39 is 11.9 Å². The van der Waals surface area contributed by atoms with Gasteiger partial charge < -0.3 is 5.32 Å². The Labute approximate surface area is 115 Å². The van der Waals surface area contributed by atoms with Gasteiger partial charge in [-0.2, -0.15) is 0 Å². The van der Waals surface area contributed by atoms with Crippen molar-refractivity contribution in [2.75, 3.05) is 6.54 Å². The van der Waals surface area contributed by atoms with E-state index in [9.17, 15) is 8.78 Å². The Morgan fingerprint density at radius 1 is 1.26 bits per heavy atom. The van der Waals surface area contributed by atoms with Gasteiger partial charge in [0.15, 0.2) is 0 Å². The minimum absolute atomic E-state index is 0.377. The molecule has 0 saturated carbocycles. The summed E-state index contributed by atoms with van der Waals surface area (Å²) < 4.78 is 27.2. The lowest BCUT2D eigenvalue weighted by molar-refractivity contribution is 0.552. The molecule has 5 heteroatoms. The van der Waals surface area contributed by atoms with Crippen molar-refractivity contribution in [3.8, 4) is 0 Å². The Morgan fingerprint density at radius 2 is 2.05 bits per heavy atom. The Balaban J connectivity index is 2.48. The number of hydrogen-bond donors (Lipinski definition) is 1. The minimum Gasteiger partial charge on any atom is -0.306 e. The summed E-state index contributed by atoms with van der Waals surface area (Å²) in [5, 5.41) is 3.54. The number of aromatic nitrogens is 1. The van der Waals surface area contributed by atoms with Crippen molar-refractivity contribution in [2.45, 2.75) is 13.0 Å². The first-order chi connectivity index (χ1) is 9.11. The highest BCUT2D eigenvalue weighted by atomic mass is 35.5.